The Hall–Kier alpha value is -3.39. The first kappa shape index (κ1) is 21.2. The second-order valence-electron chi connectivity index (χ2n) is 9.56. The standard InChI is InChI=1S/C26H28FN7/c1-16-3-6-24-32-25-20(27)13-19(14-22(25)34(16)24)21-7-10-28-26(30-21)31-23-5-4-18(15-29-23)17-8-11-33(2)12-9-17/h4-5,7,10,13-17H,3,6,8-9,11-12H2,1-2H3,(H,28,29,30,31). The summed E-state index contributed by atoms with van der Waals surface area (Å²) in [6.45, 7) is 4.40. The van der Waals surface area contributed by atoms with Crippen LogP contribution in [0, 0.1) is 5.82 Å². The molecule has 8 heteroatoms. The molecule has 4 aromatic rings. The summed E-state index contributed by atoms with van der Waals surface area (Å²) in [5.41, 5.74) is 3.91. The zero-order chi connectivity index (χ0) is 23.2. The van der Waals surface area contributed by atoms with E-state index in [0.29, 0.717) is 40.5 Å². The number of anilines is 2. The Balaban J connectivity index is 1.25. The van der Waals surface area contributed by atoms with Gasteiger partial charge in [-0.2, -0.15) is 0 Å². The van der Waals surface area contributed by atoms with Crippen LogP contribution < -0.4 is 5.32 Å². The molecule has 1 aromatic carbocycles. The summed E-state index contributed by atoms with van der Waals surface area (Å²) in [5.74, 6) is 2.33. The Labute approximate surface area is 198 Å². The minimum atomic E-state index is -0.319. The van der Waals surface area contributed by atoms with Crippen molar-refractivity contribution in [3.8, 4) is 11.3 Å². The van der Waals surface area contributed by atoms with Gasteiger partial charge >= 0.3 is 0 Å². The average molecular weight is 458 g/mol. The van der Waals surface area contributed by atoms with Crippen molar-refractivity contribution in [1.82, 2.24) is 29.4 Å². The van der Waals surface area contributed by atoms with Crippen molar-refractivity contribution >= 4 is 22.8 Å². The number of aromatic nitrogens is 5. The van der Waals surface area contributed by atoms with Gasteiger partial charge in [0.25, 0.3) is 0 Å². The molecule has 174 valence electrons. The summed E-state index contributed by atoms with van der Waals surface area (Å²) in [6.07, 6.45) is 7.88. The maximum atomic E-state index is 14.9. The Bertz CT molecular complexity index is 1340. The third-order valence-electron chi connectivity index (χ3n) is 7.22. The SMILES string of the molecule is CC1CCc2nc3c(F)cc(-c4ccnc(Nc5ccc(C6CCN(C)CC6)cn5)n4)cc3n21. The number of imidazole rings is 1. The summed E-state index contributed by atoms with van der Waals surface area (Å²) in [7, 11) is 2.17. The molecule has 7 nitrogen and oxygen atoms in total. The highest BCUT2D eigenvalue weighted by atomic mass is 19.1. The van der Waals surface area contributed by atoms with Gasteiger partial charge in [-0.1, -0.05) is 6.07 Å². The topological polar surface area (TPSA) is 71.8 Å². The molecule has 0 amide bonds. The van der Waals surface area contributed by atoms with Crippen molar-refractivity contribution in [2.75, 3.05) is 25.5 Å². The molecule has 5 heterocycles. The number of nitrogens with zero attached hydrogens (tertiary/aromatic N) is 6. The number of fused-ring (bicyclic) bond motifs is 3. The molecule has 1 N–H and O–H groups in total. The van der Waals surface area contributed by atoms with E-state index in [-0.39, 0.29) is 5.82 Å². The molecule has 2 aliphatic heterocycles. The van der Waals surface area contributed by atoms with Crippen molar-refractivity contribution in [1.29, 1.82) is 0 Å². The van der Waals surface area contributed by atoms with Gasteiger partial charge in [-0.25, -0.2) is 24.3 Å². The highest BCUT2D eigenvalue weighted by Gasteiger charge is 2.24. The molecular formula is C26H28FN7. The van der Waals surface area contributed by atoms with Gasteiger partial charge < -0.3 is 14.8 Å². The van der Waals surface area contributed by atoms with E-state index in [1.165, 1.54) is 11.6 Å². The molecule has 0 aliphatic carbocycles. The average Bonchev–Trinajstić information content (AvgIpc) is 3.40. The Morgan fingerprint density at radius 1 is 1.03 bits per heavy atom. The number of benzene rings is 1. The van der Waals surface area contributed by atoms with Gasteiger partial charge in [0.05, 0.1) is 11.2 Å². The monoisotopic (exact) mass is 457 g/mol. The summed E-state index contributed by atoms with van der Waals surface area (Å²) < 4.78 is 17.1. The van der Waals surface area contributed by atoms with Crippen LogP contribution in [0.15, 0.2) is 42.7 Å². The van der Waals surface area contributed by atoms with Crippen molar-refractivity contribution < 1.29 is 4.39 Å². The van der Waals surface area contributed by atoms with E-state index in [1.807, 2.05) is 18.3 Å². The van der Waals surface area contributed by atoms with Crippen LogP contribution in [0.1, 0.15) is 49.5 Å². The molecular weight excluding hydrogens is 429 g/mol. The van der Waals surface area contributed by atoms with Crippen molar-refractivity contribution in [3.63, 3.8) is 0 Å². The van der Waals surface area contributed by atoms with Crippen LogP contribution in [0.25, 0.3) is 22.3 Å². The second-order valence-corrected chi connectivity index (χ2v) is 9.56. The zero-order valence-electron chi connectivity index (χ0n) is 19.5. The fourth-order valence-electron chi connectivity index (χ4n) is 5.24. The van der Waals surface area contributed by atoms with Crippen LogP contribution in [0.5, 0.6) is 0 Å². The van der Waals surface area contributed by atoms with Gasteiger partial charge in [-0.05, 0) is 82.1 Å². The number of piperidine rings is 1. The Morgan fingerprint density at radius 2 is 1.88 bits per heavy atom. The lowest BCUT2D eigenvalue weighted by Gasteiger charge is -2.29. The van der Waals surface area contributed by atoms with Gasteiger partial charge in [0.15, 0.2) is 5.82 Å². The predicted molar refractivity (Wildman–Crippen MR) is 131 cm³/mol. The molecule has 1 unspecified atom stereocenters. The summed E-state index contributed by atoms with van der Waals surface area (Å²) >= 11 is 0. The van der Waals surface area contributed by atoms with Gasteiger partial charge in [-0.3, -0.25) is 0 Å². The number of rotatable bonds is 4. The smallest absolute Gasteiger partial charge is 0.228 e. The first-order valence-corrected chi connectivity index (χ1v) is 12.0. The molecule has 0 radical (unpaired) electrons. The summed E-state index contributed by atoms with van der Waals surface area (Å²) in [6, 6.07) is 9.73. The zero-order valence-corrected chi connectivity index (χ0v) is 19.5. The van der Waals surface area contributed by atoms with Crippen LogP contribution >= 0.6 is 0 Å². The van der Waals surface area contributed by atoms with E-state index in [1.54, 1.807) is 12.3 Å². The highest BCUT2D eigenvalue weighted by molar-refractivity contribution is 5.83. The molecule has 1 atom stereocenters. The number of aryl methyl sites for hydroxylation is 1. The van der Waals surface area contributed by atoms with E-state index in [0.717, 1.165) is 50.1 Å². The summed E-state index contributed by atoms with van der Waals surface area (Å²) in [4.78, 5) is 20.5. The second kappa shape index (κ2) is 8.43. The van der Waals surface area contributed by atoms with Crippen LogP contribution in [0.2, 0.25) is 0 Å². The van der Waals surface area contributed by atoms with Gasteiger partial charge in [0.2, 0.25) is 5.95 Å². The number of pyridine rings is 1. The maximum Gasteiger partial charge on any atom is 0.228 e. The fraction of sp³-hybridized carbons (Fsp3) is 0.385. The third-order valence-corrected chi connectivity index (χ3v) is 7.22. The lowest BCUT2D eigenvalue weighted by atomic mass is 9.91. The van der Waals surface area contributed by atoms with Crippen LogP contribution in [-0.2, 0) is 6.42 Å². The molecule has 0 bridgehead atoms. The third kappa shape index (κ3) is 3.81. The quantitative estimate of drug-likeness (QED) is 0.460. The van der Waals surface area contributed by atoms with E-state index in [9.17, 15) is 4.39 Å². The minimum Gasteiger partial charge on any atom is -0.325 e. The van der Waals surface area contributed by atoms with Crippen LogP contribution in [0.3, 0.4) is 0 Å². The van der Waals surface area contributed by atoms with E-state index in [4.69, 9.17) is 0 Å². The minimum absolute atomic E-state index is 0.319. The number of likely N-dealkylation sites (tertiary alicyclic amines) is 1. The van der Waals surface area contributed by atoms with E-state index in [2.05, 4.69) is 54.8 Å². The first-order chi connectivity index (χ1) is 16.5. The van der Waals surface area contributed by atoms with Crippen molar-refractivity contribution in [2.24, 2.45) is 0 Å². The van der Waals surface area contributed by atoms with Gasteiger partial charge in [0, 0.05) is 30.4 Å². The number of hydrogen-bond acceptors (Lipinski definition) is 6. The van der Waals surface area contributed by atoms with Gasteiger partial charge in [0.1, 0.15) is 17.2 Å². The predicted octanol–water partition coefficient (Wildman–Crippen LogP) is 5.09. The van der Waals surface area contributed by atoms with Crippen LogP contribution in [-0.4, -0.2) is 49.5 Å². The molecule has 3 aromatic heterocycles. The lowest BCUT2D eigenvalue weighted by Crippen LogP contribution is -2.29. The molecule has 6 rings (SSSR count). The molecule has 0 saturated carbocycles. The summed E-state index contributed by atoms with van der Waals surface area (Å²) in [5, 5.41) is 3.19. The number of nitrogens with one attached hydrogen (secondary N) is 1. The van der Waals surface area contributed by atoms with E-state index >= 15 is 0 Å². The van der Waals surface area contributed by atoms with Crippen LogP contribution in [0.4, 0.5) is 16.2 Å². The molecule has 1 fully saturated rings. The number of hydrogen-bond donors (Lipinski definition) is 1. The largest absolute Gasteiger partial charge is 0.325 e. The van der Waals surface area contributed by atoms with Crippen molar-refractivity contribution in [3.05, 3.63) is 59.9 Å². The molecule has 34 heavy (non-hydrogen) atoms. The highest BCUT2D eigenvalue weighted by Crippen LogP contribution is 2.34. The normalized spacial score (nSPS) is 19.0. The van der Waals surface area contributed by atoms with Crippen molar-refractivity contribution in [2.45, 2.75) is 44.6 Å². The van der Waals surface area contributed by atoms with Gasteiger partial charge in [-0.15, -0.1) is 0 Å². The number of halogens is 1. The Kier molecular flexibility index (Phi) is 5.25. The Morgan fingerprint density at radius 3 is 2.68 bits per heavy atom. The molecule has 0 spiro atoms. The first-order valence-electron chi connectivity index (χ1n) is 12.0. The van der Waals surface area contributed by atoms with E-state index < -0.39 is 0 Å². The fourth-order valence-corrected chi connectivity index (χ4v) is 5.24. The molecule has 1 saturated heterocycles. The molecule has 2 aliphatic rings. The lowest BCUT2D eigenvalue weighted by molar-refractivity contribution is 0.255. The maximum absolute atomic E-state index is 14.9.